The lowest BCUT2D eigenvalue weighted by Crippen LogP contribution is -1.99. The summed E-state index contributed by atoms with van der Waals surface area (Å²) < 4.78 is 7.78. The summed E-state index contributed by atoms with van der Waals surface area (Å²) in [4.78, 5) is 0.159. The number of halogens is 3. The highest BCUT2D eigenvalue weighted by Crippen LogP contribution is 2.37. The van der Waals surface area contributed by atoms with Crippen molar-refractivity contribution in [3.8, 4) is 5.75 Å². The Balaban J connectivity index is 2.29. The molecular formula is C17H17Br3O. The van der Waals surface area contributed by atoms with Gasteiger partial charge in [0.25, 0.3) is 0 Å². The Morgan fingerprint density at radius 3 is 2.52 bits per heavy atom. The first kappa shape index (κ1) is 17.0. The monoisotopic (exact) mass is 474 g/mol. The number of benzene rings is 2. The fourth-order valence-corrected chi connectivity index (χ4v) is 3.74. The third-order valence-electron chi connectivity index (χ3n) is 3.22. The van der Waals surface area contributed by atoms with Gasteiger partial charge in [0, 0.05) is 4.47 Å². The third-order valence-corrected chi connectivity index (χ3v) is 5.36. The zero-order valence-corrected chi connectivity index (χ0v) is 16.8. The molecule has 1 atom stereocenters. The molecule has 0 amide bonds. The van der Waals surface area contributed by atoms with Crippen molar-refractivity contribution < 1.29 is 4.74 Å². The average molecular weight is 477 g/mol. The predicted molar refractivity (Wildman–Crippen MR) is 99.6 cm³/mol. The van der Waals surface area contributed by atoms with Crippen LogP contribution in [0.15, 0.2) is 45.3 Å². The van der Waals surface area contributed by atoms with E-state index in [1.54, 1.807) is 0 Å². The Morgan fingerprint density at radius 2 is 1.86 bits per heavy atom. The first-order valence-corrected chi connectivity index (χ1v) is 9.35. The molecule has 0 radical (unpaired) electrons. The Bertz CT molecular complexity index is 625. The van der Waals surface area contributed by atoms with Crippen LogP contribution in [0.3, 0.4) is 0 Å². The van der Waals surface area contributed by atoms with Crippen molar-refractivity contribution in [3.05, 3.63) is 62.0 Å². The molecule has 0 bridgehead atoms. The predicted octanol–water partition coefficient (Wildman–Crippen LogP) is 6.79. The molecule has 112 valence electrons. The molecule has 0 saturated heterocycles. The minimum atomic E-state index is 0.159. The van der Waals surface area contributed by atoms with Crippen LogP contribution in [0, 0.1) is 6.92 Å². The van der Waals surface area contributed by atoms with Crippen LogP contribution in [0.2, 0.25) is 0 Å². The molecule has 2 aromatic carbocycles. The van der Waals surface area contributed by atoms with Crippen LogP contribution >= 0.6 is 47.8 Å². The van der Waals surface area contributed by atoms with Crippen molar-refractivity contribution in [1.82, 2.24) is 0 Å². The van der Waals surface area contributed by atoms with Crippen molar-refractivity contribution in [2.75, 3.05) is 6.61 Å². The van der Waals surface area contributed by atoms with Gasteiger partial charge < -0.3 is 4.74 Å². The molecule has 0 spiro atoms. The molecule has 0 fully saturated rings. The van der Waals surface area contributed by atoms with Gasteiger partial charge in [0.2, 0.25) is 0 Å². The van der Waals surface area contributed by atoms with Crippen LogP contribution < -0.4 is 4.74 Å². The van der Waals surface area contributed by atoms with Crippen LogP contribution in [0.4, 0.5) is 0 Å². The second-order valence-electron chi connectivity index (χ2n) is 4.90. The van der Waals surface area contributed by atoms with Gasteiger partial charge in [-0.15, -0.1) is 0 Å². The van der Waals surface area contributed by atoms with E-state index in [1.165, 1.54) is 16.7 Å². The summed E-state index contributed by atoms with van der Waals surface area (Å²) >= 11 is 10.9. The van der Waals surface area contributed by atoms with Crippen molar-refractivity contribution in [2.24, 2.45) is 0 Å². The van der Waals surface area contributed by atoms with Gasteiger partial charge in [-0.2, -0.15) is 0 Å². The van der Waals surface area contributed by atoms with E-state index in [0.29, 0.717) is 0 Å². The highest BCUT2D eigenvalue weighted by molar-refractivity contribution is 9.11. The lowest BCUT2D eigenvalue weighted by Gasteiger charge is -2.16. The normalized spacial score (nSPS) is 12.2. The highest BCUT2D eigenvalue weighted by atomic mass is 79.9. The van der Waals surface area contributed by atoms with Gasteiger partial charge in [0.15, 0.2) is 0 Å². The number of alkyl halides is 1. The molecule has 1 unspecified atom stereocenters. The van der Waals surface area contributed by atoms with Gasteiger partial charge in [0.1, 0.15) is 5.75 Å². The van der Waals surface area contributed by atoms with Crippen molar-refractivity contribution in [2.45, 2.75) is 25.1 Å². The molecule has 0 saturated carbocycles. The van der Waals surface area contributed by atoms with E-state index in [2.05, 4.69) is 92.0 Å². The molecule has 21 heavy (non-hydrogen) atoms. The van der Waals surface area contributed by atoms with Gasteiger partial charge >= 0.3 is 0 Å². The molecule has 0 N–H and O–H groups in total. The molecular weight excluding hydrogens is 460 g/mol. The summed E-state index contributed by atoms with van der Waals surface area (Å²) in [5.74, 6) is 0.895. The van der Waals surface area contributed by atoms with Crippen LogP contribution in [-0.4, -0.2) is 6.61 Å². The summed E-state index contributed by atoms with van der Waals surface area (Å²) in [6.45, 7) is 4.97. The van der Waals surface area contributed by atoms with E-state index in [1.807, 2.05) is 6.07 Å². The van der Waals surface area contributed by atoms with Crippen molar-refractivity contribution >= 4 is 47.8 Å². The summed E-state index contributed by atoms with van der Waals surface area (Å²) in [5, 5.41) is 0. The second-order valence-corrected chi connectivity index (χ2v) is 7.59. The van der Waals surface area contributed by atoms with Crippen LogP contribution in [0.25, 0.3) is 0 Å². The fraction of sp³-hybridized carbons (Fsp3) is 0.294. The van der Waals surface area contributed by atoms with E-state index >= 15 is 0 Å². The number of hydrogen-bond donors (Lipinski definition) is 0. The number of hydrogen-bond acceptors (Lipinski definition) is 1. The van der Waals surface area contributed by atoms with Gasteiger partial charge in [-0.05, 0) is 70.2 Å². The summed E-state index contributed by atoms with van der Waals surface area (Å²) in [5.41, 5.74) is 3.73. The smallest absolute Gasteiger partial charge is 0.133 e. The minimum Gasteiger partial charge on any atom is -0.492 e. The fourth-order valence-electron chi connectivity index (χ4n) is 2.07. The van der Waals surface area contributed by atoms with Gasteiger partial charge in [0.05, 0.1) is 15.9 Å². The lowest BCUT2D eigenvalue weighted by molar-refractivity contribution is 0.315. The molecule has 2 rings (SSSR count). The van der Waals surface area contributed by atoms with E-state index in [0.717, 1.165) is 27.7 Å². The van der Waals surface area contributed by atoms with Crippen LogP contribution in [0.1, 0.15) is 34.9 Å². The molecule has 0 aromatic heterocycles. The second kappa shape index (κ2) is 7.80. The van der Waals surface area contributed by atoms with E-state index in [9.17, 15) is 0 Å². The van der Waals surface area contributed by atoms with E-state index in [4.69, 9.17) is 4.74 Å². The number of aryl methyl sites for hydroxylation is 1. The van der Waals surface area contributed by atoms with E-state index in [-0.39, 0.29) is 4.83 Å². The zero-order valence-electron chi connectivity index (χ0n) is 12.0. The highest BCUT2D eigenvalue weighted by Gasteiger charge is 2.15. The third kappa shape index (κ3) is 4.33. The molecule has 1 nitrogen and oxygen atoms in total. The Kier molecular flexibility index (Phi) is 6.33. The van der Waals surface area contributed by atoms with Crippen molar-refractivity contribution in [1.29, 1.82) is 0 Å². The maximum Gasteiger partial charge on any atom is 0.133 e. The Hall–Kier alpha value is -0.320. The first-order valence-electron chi connectivity index (χ1n) is 6.85. The molecule has 4 heteroatoms. The quantitative estimate of drug-likeness (QED) is 0.431. The largest absolute Gasteiger partial charge is 0.492 e. The van der Waals surface area contributed by atoms with Crippen LogP contribution in [-0.2, 0) is 0 Å². The van der Waals surface area contributed by atoms with Gasteiger partial charge in [-0.3, -0.25) is 0 Å². The number of rotatable bonds is 5. The van der Waals surface area contributed by atoms with Gasteiger partial charge in [-0.1, -0.05) is 50.9 Å². The lowest BCUT2D eigenvalue weighted by atomic mass is 10.0. The summed E-state index contributed by atoms with van der Waals surface area (Å²) in [6, 6.07) is 12.6. The summed E-state index contributed by atoms with van der Waals surface area (Å²) in [7, 11) is 0. The topological polar surface area (TPSA) is 9.23 Å². The van der Waals surface area contributed by atoms with E-state index < -0.39 is 0 Å². The van der Waals surface area contributed by atoms with Crippen LogP contribution in [0.5, 0.6) is 5.75 Å². The molecule has 0 heterocycles. The number of ether oxygens (including phenoxy) is 1. The van der Waals surface area contributed by atoms with Gasteiger partial charge in [-0.25, -0.2) is 0 Å². The molecule has 0 aliphatic heterocycles. The average Bonchev–Trinajstić information content (AvgIpc) is 2.47. The maximum absolute atomic E-state index is 5.70. The Labute approximate surface area is 151 Å². The summed E-state index contributed by atoms with van der Waals surface area (Å²) in [6.07, 6.45) is 1.01. The molecule has 0 aliphatic rings. The molecule has 2 aromatic rings. The standard InChI is InChI=1S/C17H17Br3O/c1-3-8-21-16-7-5-12(9-15(16)19)17(20)14-10-13(18)6-4-11(14)2/h4-7,9-10,17H,3,8H2,1-2H3. The zero-order chi connectivity index (χ0) is 15.4. The maximum atomic E-state index is 5.70. The van der Waals surface area contributed by atoms with Crippen molar-refractivity contribution in [3.63, 3.8) is 0 Å². The minimum absolute atomic E-state index is 0.159. The first-order chi connectivity index (χ1) is 10.0. The SMILES string of the molecule is CCCOc1ccc(C(Br)c2cc(Br)ccc2C)cc1Br. The Morgan fingerprint density at radius 1 is 1.10 bits per heavy atom. The molecule has 0 aliphatic carbocycles.